The van der Waals surface area contributed by atoms with Crippen LogP contribution in [0.25, 0.3) is 0 Å². The number of ether oxygens (including phenoxy) is 1. The number of nitrogens with zero attached hydrogens (tertiary/aromatic N) is 1. The molecule has 0 bridgehead atoms. The maximum atomic E-state index is 8.78. The van der Waals surface area contributed by atoms with Gasteiger partial charge < -0.3 is 10.5 Å². The molecule has 21 heavy (non-hydrogen) atoms. The van der Waals surface area contributed by atoms with Crippen molar-refractivity contribution in [2.24, 2.45) is 5.73 Å². The van der Waals surface area contributed by atoms with E-state index in [-0.39, 0.29) is 6.04 Å². The lowest BCUT2D eigenvalue weighted by Gasteiger charge is -2.22. The van der Waals surface area contributed by atoms with E-state index in [4.69, 9.17) is 15.7 Å². The SMILES string of the molecule is N#Cc1ccc(COc2ccc3c(c2)[C@@H](N)CCC3)cc1. The van der Waals surface area contributed by atoms with Crippen molar-refractivity contribution in [3.05, 3.63) is 64.7 Å². The van der Waals surface area contributed by atoms with Gasteiger partial charge in [-0.25, -0.2) is 0 Å². The highest BCUT2D eigenvalue weighted by Crippen LogP contribution is 2.31. The van der Waals surface area contributed by atoms with Gasteiger partial charge in [-0.15, -0.1) is 0 Å². The molecule has 0 unspecified atom stereocenters. The lowest BCUT2D eigenvalue weighted by atomic mass is 9.88. The fourth-order valence-electron chi connectivity index (χ4n) is 2.75. The molecule has 0 amide bonds. The molecule has 1 aliphatic rings. The molecule has 0 spiro atoms. The zero-order valence-corrected chi connectivity index (χ0v) is 11.9. The number of aryl methyl sites for hydroxylation is 1. The number of rotatable bonds is 3. The highest BCUT2D eigenvalue weighted by Gasteiger charge is 2.17. The van der Waals surface area contributed by atoms with Crippen molar-refractivity contribution in [1.82, 2.24) is 0 Å². The van der Waals surface area contributed by atoms with E-state index < -0.39 is 0 Å². The van der Waals surface area contributed by atoms with E-state index in [1.807, 2.05) is 30.3 Å². The summed E-state index contributed by atoms with van der Waals surface area (Å²) >= 11 is 0. The standard InChI is InChI=1S/C18H18N2O/c19-11-13-4-6-14(7-5-13)12-21-16-9-8-15-2-1-3-18(20)17(15)10-16/h4-10,18H,1-3,12,20H2/t18-/m0/s1. The Morgan fingerprint density at radius 2 is 2.00 bits per heavy atom. The highest BCUT2D eigenvalue weighted by atomic mass is 16.5. The zero-order valence-electron chi connectivity index (χ0n) is 11.9. The number of hydrogen-bond donors (Lipinski definition) is 1. The highest BCUT2D eigenvalue weighted by molar-refractivity contribution is 5.39. The first-order valence-electron chi connectivity index (χ1n) is 7.26. The van der Waals surface area contributed by atoms with Crippen LogP contribution in [0.2, 0.25) is 0 Å². The van der Waals surface area contributed by atoms with Crippen LogP contribution >= 0.6 is 0 Å². The van der Waals surface area contributed by atoms with Gasteiger partial charge in [0.25, 0.3) is 0 Å². The molecular formula is C18H18N2O. The first-order chi connectivity index (χ1) is 10.3. The van der Waals surface area contributed by atoms with Crippen molar-refractivity contribution in [2.45, 2.75) is 31.9 Å². The van der Waals surface area contributed by atoms with Gasteiger partial charge >= 0.3 is 0 Å². The maximum Gasteiger partial charge on any atom is 0.120 e. The Morgan fingerprint density at radius 3 is 2.76 bits per heavy atom. The third-order valence-electron chi connectivity index (χ3n) is 3.97. The van der Waals surface area contributed by atoms with Gasteiger partial charge in [-0.05, 0) is 60.2 Å². The molecular weight excluding hydrogens is 260 g/mol. The lowest BCUT2D eigenvalue weighted by molar-refractivity contribution is 0.305. The summed E-state index contributed by atoms with van der Waals surface area (Å²) in [6, 6.07) is 15.9. The zero-order chi connectivity index (χ0) is 14.7. The van der Waals surface area contributed by atoms with Crippen LogP contribution in [0.5, 0.6) is 5.75 Å². The maximum absolute atomic E-state index is 8.78. The van der Waals surface area contributed by atoms with Crippen molar-refractivity contribution in [1.29, 1.82) is 5.26 Å². The summed E-state index contributed by atoms with van der Waals surface area (Å²) in [6.07, 6.45) is 3.32. The van der Waals surface area contributed by atoms with E-state index in [1.165, 1.54) is 17.5 Å². The minimum Gasteiger partial charge on any atom is -0.489 e. The number of benzene rings is 2. The first-order valence-corrected chi connectivity index (χ1v) is 7.26. The molecule has 2 aromatic carbocycles. The minimum absolute atomic E-state index is 0.132. The first kappa shape index (κ1) is 13.7. The Morgan fingerprint density at radius 1 is 1.19 bits per heavy atom. The van der Waals surface area contributed by atoms with Gasteiger partial charge in [0.15, 0.2) is 0 Å². The minimum atomic E-state index is 0.132. The van der Waals surface area contributed by atoms with Crippen LogP contribution in [0.3, 0.4) is 0 Å². The normalized spacial score (nSPS) is 16.9. The van der Waals surface area contributed by atoms with Crippen LogP contribution in [0, 0.1) is 11.3 Å². The van der Waals surface area contributed by atoms with Crippen LogP contribution in [0.4, 0.5) is 0 Å². The van der Waals surface area contributed by atoms with Crippen molar-refractivity contribution >= 4 is 0 Å². The van der Waals surface area contributed by atoms with Gasteiger partial charge in [0.05, 0.1) is 11.6 Å². The van der Waals surface area contributed by atoms with E-state index in [1.54, 1.807) is 0 Å². The molecule has 0 saturated carbocycles. The van der Waals surface area contributed by atoms with E-state index in [0.717, 1.165) is 24.2 Å². The van der Waals surface area contributed by atoms with Gasteiger partial charge in [0, 0.05) is 6.04 Å². The lowest BCUT2D eigenvalue weighted by Crippen LogP contribution is -2.17. The number of fused-ring (bicyclic) bond motifs is 1. The second kappa shape index (κ2) is 5.99. The molecule has 2 aromatic rings. The molecule has 1 aliphatic carbocycles. The van der Waals surface area contributed by atoms with Crippen LogP contribution in [-0.4, -0.2) is 0 Å². The fraction of sp³-hybridized carbons (Fsp3) is 0.278. The molecule has 0 fully saturated rings. The van der Waals surface area contributed by atoms with Gasteiger partial charge in [-0.3, -0.25) is 0 Å². The second-order valence-corrected chi connectivity index (χ2v) is 5.46. The van der Waals surface area contributed by atoms with Crippen molar-refractivity contribution in [3.63, 3.8) is 0 Å². The molecule has 0 aromatic heterocycles. The number of hydrogen-bond acceptors (Lipinski definition) is 3. The van der Waals surface area contributed by atoms with Gasteiger partial charge in [-0.2, -0.15) is 5.26 Å². The van der Waals surface area contributed by atoms with E-state index in [0.29, 0.717) is 12.2 Å². The Balaban J connectivity index is 1.70. The van der Waals surface area contributed by atoms with Crippen molar-refractivity contribution < 1.29 is 4.74 Å². The van der Waals surface area contributed by atoms with Crippen LogP contribution in [0.15, 0.2) is 42.5 Å². The smallest absolute Gasteiger partial charge is 0.120 e. The molecule has 1 atom stereocenters. The molecule has 106 valence electrons. The Hall–Kier alpha value is -2.31. The summed E-state index contributed by atoms with van der Waals surface area (Å²) in [5, 5.41) is 8.78. The van der Waals surface area contributed by atoms with Gasteiger partial charge in [-0.1, -0.05) is 18.2 Å². The summed E-state index contributed by atoms with van der Waals surface area (Å²) in [7, 11) is 0. The quantitative estimate of drug-likeness (QED) is 0.935. The molecule has 2 N–H and O–H groups in total. The summed E-state index contributed by atoms with van der Waals surface area (Å²) < 4.78 is 5.84. The third kappa shape index (κ3) is 3.07. The Bertz CT molecular complexity index is 671. The largest absolute Gasteiger partial charge is 0.489 e. The molecule has 0 saturated heterocycles. The monoisotopic (exact) mass is 278 g/mol. The summed E-state index contributed by atoms with van der Waals surface area (Å²) in [5.41, 5.74) is 10.5. The topological polar surface area (TPSA) is 59.0 Å². The average molecular weight is 278 g/mol. The Labute approximate surface area is 125 Å². The second-order valence-electron chi connectivity index (χ2n) is 5.46. The predicted molar refractivity (Wildman–Crippen MR) is 81.8 cm³/mol. The number of nitriles is 1. The van der Waals surface area contributed by atoms with E-state index in [9.17, 15) is 0 Å². The van der Waals surface area contributed by atoms with Crippen LogP contribution in [0.1, 0.15) is 41.1 Å². The van der Waals surface area contributed by atoms with Crippen molar-refractivity contribution in [2.75, 3.05) is 0 Å². The van der Waals surface area contributed by atoms with Crippen LogP contribution in [-0.2, 0) is 13.0 Å². The van der Waals surface area contributed by atoms with Gasteiger partial charge in [0.2, 0.25) is 0 Å². The van der Waals surface area contributed by atoms with Crippen molar-refractivity contribution in [3.8, 4) is 11.8 Å². The summed E-state index contributed by atoms with van der Waals surface area (Å²) in [5.74, 6) is 0.857. The summed E-state index contributed by atoms with van der Waals surface area (Å²) in [6.45, 7) is 0.500. The fourth-order valence-corrected chi connectivity index (χ4v) is 2.75. The van der Waals surface area contributed by atoms with E-state index >= 15 is 0 Å². The molecule has 0 heterocycles. The molecule has 0 aliphatic heterocycles. The van der Waals surface area contributed by atoms with E-state index in [2.05, 4.69) is 18.2 Å². The number of nitrogens with two attached hydrogens (primary N) is 1. The van der Waals surface area contributed by atoms with Gasteiger partial charge in [0.1, 0.15) is 12.4 Å². The molecule has 3 heteroatoms. The summed E-state index contributed by atoms with van der Waals surface area (Å²) in [4.78, 5) is 0. The molecule has 3 rings (SSSR count). The average Bonchev–Trinajstić information content (AvgIpc) is 2.54. The Kier molecular flexibility index (Phi) is 3.89. The molecule has 3 nitrogen and oxygen atoms in total. The predicted octanol–water partition coefficient (Wildman–Crippen LogP) is 3.47. The molecule has 0 radical (unpaired) electrons. The third-order valence-corrected chi connectivity index (χ3v) is 3.97. The van der Waals surface area contributed by atoms with Crippen LogP contribution < -0.4 is 10.5 Å².